The number of nitrogens with two attached hydrogens (primary N) is 1. The monoisotopic (exact) mass is 194 g/mol. The molecule has 0 atom stereocenters. The molecule has 0 radical (unpaired) electrons. The van der Waals surface area contributed by atoms with E-state index < -0.39 is 0 Å². The molecule has 1 rings (SSSR count). The highest BCUT2D eigenvalue weighted by molar-refractivity contribution is 8.13. The van der Waals surface area contributed by atoms with E-state index in [1.807, 2.05) is 30.3 Å². The van der Waals surface area contributed by atoms with Crippen molar-refractivity contribution < 1.29 is 0 Å². The summed E-state index contributed by atoms with van der Waals surface area (Å²) in [5, 5.41) is 0.673. The molecule has 1 aromatic carbocycles. The van der Waals surface area contributed by atoms with E-state index in [2.05, 4.69) is 11.9 Å². The number of hydrogen-bond donors (Lipinski definition) is 1. The first-order chi connectivity index (χ1) is 6.33. The van der Waals surface area contributed by atoms with Crippen LogP contribution in [0.3, 0.4) is 0 Å². The lowest BCUT2D eigenvalue weighted by Crippen LogP contribution is -2.06. The van der Waals surface area contributed by atoms with Crippen molar-refractivity contribution in [3.8, 4) is 0 Å². The van der Waals surface area contributed by atoms with Crippen molar-refractivity contribution in [1.29, 1.82) is 0 Å². The maximum atomic E-state index is 5.65. The molecular formula is C10H14N2S. The summed E-state index contributed by atoms with van der Waals surface area (Å²) in [4.78, 5) is 4.24. The van der Waals surface area contributed by atoms with Crippen LogP contribution < -0.4 is 5.73 Å². The zero-order valence-electron chi connectivity index (χ0n) is 7.73. The van der Waals surface area contributed by atoms with Crippen LogP contribution in [0.2, 0.25) is 0 Å². The van der Waals surface area contributed by atoms with Crippen molar-refractivity contribution in [2.75, 3.05) is 5.75 Å². The minimum atomic E-state index is 0.673. The first-order valence-corrected chi connectivity index (χ1v) is 5.28. The lowest BCUT2D eigenvalue weighted by atomic mass is 10.2. The molecule has 0 aromatic heterocycles. The largest absolute Gasteiger partial charge is 0.379 e. The molecule has 0 heterocycles. The Bertz CT molecular complexity index is 270. The summed E-state index contributed by atoms with van der Waals surface area (Å²) >= 11 is 1.58. The number of benzene rings is 1. The topological polar surface area (TPSA) is 38.4 Å². The number of hydrogen-bond acceptors (Lipinski definition) is 2. The number of rotatable bonds is 3. The maximum Gasteiger partial charge on any atom is 0.154 e. The van der Waals surface area contributed by atoms with Gasteiger partial charge in [0.1, 0.15) is 0 Å². The molecule has 0 saturated carbocycles. The van der Waals surface area contributed by atoms with Gasteiger partial charge < -0.3 is 5.73 Å². The van der Waals surface area contributed by atoms with Gasteiger partial charge in [-0.05, 0) is 11.3 Å². The zero-order chi connectivity index (χ0) is 9.52. The summed E-state index contributed by atoms with van der Waals surface area (Å²) in [6.45, 7) is 2.75. The van der Waals surface area contributed by atoms with Crippen LogP contribution in [0.15, 0.2) is 35.3 Å². The molecule has 70 valence electrons. The normalized spacial score (nSPS) is 11.6. The highest BCUT2D eigenvalue weighted by Gasteiger charge is 1.91. The van der Waals surface area contributed by atoms with Crippen molar-refractivity contribution >= 4 is 16.9 Å². The van der Waals surface area contributed by atoms with Gasteiger partial charge in [-0.25, -0.2) is 0 Å². The van der Waals surface area contributed by atoms with E-state index in [1.54, 1.807) is 11.8 Å². The molecule has 2 nitrogen and oxygen atoms in total. The van der Waals surface area contributed by atoms with Crippen molar-refractivity contribution in [2.24, 2.45) is 10.7 Å². The molecule has 0 saturated heterocycles. The number of aliphatic imine (C=N–C) groups is 1. The lowest BCUT2D eigenvalue weighted by molar-refractivity contribution is 1.07. The molecule has 0 aliphatic rings. The van der Waals surface area contributed by atoms with Gasteiger partial charge in [-0.2, -0.15) is 0 Å². The van der Waals surface area contributed by atoms with E-state index in [-0.39, 0.29) is 0 Å². The average molecular weight is 194 g/mol. The smallest absolute Gasteiger partial charge is 0.154 e. The van der Waals surface area contributed by atoms with Gasteiger partial charge in [-0.1, -0.05) is 49.0 Å². The van der Waals surface area contributed by atoms with Crippen LogP contribution in [0, 0.1) is 0 Å². The molecule has 0 spiro atoms. The predicted molar refractivity (Wildman–Crippen MR) is 59.9 cm³/mol. The van der Waals surface area contributed by atoms with Gasteiger partial charge in [0.05, 0.1) is 6.54 Å². The molecule has 0 unspecified atom stereocenters. The Balaban J connectivity index is 2.47. The van der Waals surface area contributed by atoms with Crippen molar-refractivity contribution in [1.82, 2.24) is 0 Å². The van der Waals surface area contributed by atoms with E-state index in [0.29, 0.717) is 11.7 Å². The highest BCUT2D eigenvalue weighted by atomic mass is 32.2. The molecule has 0 aliphatic carbocycles. The van der Waals surface area contributed by atoms with Crippen LogP contribution in [0.1, 0.15) is 12.5 Å². The molecule has 3 heteroatoms. The Morgan fingerprint density at radius 3 is 2.69 bits per heavy atom. The van der Waals surface area contributed by atoms with Crippen LogP contribution >= 0.6 is 11.8 Å². The van der Waals surface area contributed by atoms with E-state index >= 15 is 0 Å². The zero-order valence-corrected chi connectivity index (χ0v) is 8.55. The van der Waals surface area contributed by atoms with Crippen LogP contribution in [-0.4, -0.2) is 10.9 Å². The third kappa shape index (κ3) is 3.99. The SMILES string of the molecule is CCSC(N)=NCc1ccccc1. The number of thioether (sulfide) groups is 1. The second-order valence-electron chi connectivity index (χ2n) is 2.57. The number of amidine groups is 1. The Morgan fingerprint density at radius 2 is 2.08 bits per heavy atom. The molecule has 1 aromatic rings. The highest BCUT2D eigenvalue weighted by Crippen LogP contribution is 2.03. The lowest BCUT2D eigenvalue weighted by Gasteiger charge is -1.98. The summed E-state index contributed by atoms with van der Waals surface area (Å²) in [7, 11) is 0. The van der Waals surface area contributed by atoms with E-state index in [4.69, 9.17) is 5.73 Å². The molecule has 2 N–H and O–H groups in total. The van der Waals surface area contributed by atoms with Crippen molar-refractivity contribution in [2.45, 2.75) is 13.5 Å². The van der Waals surface area contributed by atoms with Crippen LogP contribution in [0.25, 0.3) is 0 Å². The molecule has 13 heavy (non-hydrogen) atoms. The molecule has 0 bridgehead atoms. The minimum Gasteiger partial charge on any atom is -0.379 e. The summed E-state index contributed by atoms with van der Waals surface area (Å²) < 4.78 is 0. The minimum absolute atomic E-state index is 0.673. The van der Waals surface area contributed by atoms with Gasteiger partial charge in [-0.15, -0.1) is 0 Å². The third-order valence-electron chi connectivity index (χ3n) is 1.55. The third-order valence-corrected chi connectivity index (χ3v) is 2.27. The van der Waals surface area contributed by atoms with Gasteiger partial charge in [0, 0.05) is 0 Å². The van der Waals surface area contributed by atoms with Crippen molar-refractivity contribution in [3.05, 3.63) is 35.9 Å². The van der Waals surface area contributed by atoms with E-state index in [0.717, 1.165) is 5.75 Å². The summed E-state index contributed by atoms with van der Waals surface area (Å²) in [6, 6.07) is 10.1. The first-order valence-electron chi connectivity index (χ1n) is 4.29. The predicted octanol–water partition coefficient (Wildman–Crippen LogP) is 2.25. The van der Waals surface area contributed by atoms with Crippen LogP contribution in [0.4, 0.5) is 0 Å². The Kier molecular flexibility index (Phi) is 4.40. The fourth-order valence-electron chi connectivity index (χ4n) is 0.946. The summed E-state index contributed by atoms with van der Waals surface area (Å²) in [6.07, 6.45) is 0. The Labute approximate surface area is 83.2 Å². The maximum absolute atomic E-state index is 5.65. The van der Waals surface area contributed by atoms with Gasteiger partial charge in [-0.3, -0.25) is 4.99 Å². The fourth-order valence-corrected chi connectivity index (χ4v) is 1.40. The Hall–Kier alpha value is -0.960. The van der Waals surface area contributed by atoms with Crippen molar-refractivity contribution in [3.63, 3.8) is 0 Å². The Morgan fingerprint density at radius 1 is 1.38 bits per heavy atom. The molecule has 0 aliphatic heterocycles. The molecular weight excluding hydrogens is 180 g/mol. The van der Waals surface area contributed by atoms with Crippen LogP contribution in [0.5, 0.6) is 0 Å². The summed E-state index contributed by atoms with van der Waals surface area (Å²) in [5.41, 5.74) is 6.84. The van der Waals surface area contributed by atoms with Gasteiger partial charge >= 0.3 is 0 Å². The second-order valence-corrected chi connectivity index (χ2v) is 3.86. The first kappa shape index (κ1) is 10.1. The van der Waals surface area contributed by atoms with Gasteiger partial charge in [0.25, 0.3) is 0 Å². The molecule has 0 fully saturated rings. The van der Waals surface area contributed by atoms with E-state index in [9.17, 15) is 0 Å². The average Bonchev–Trinajstić information content (AvgIpc) is 2.17. The van der Waals surface area contributed by atoms with Crippen LogP contribution in [-0.2, 0) is 6.54 Å². The fraction of sp³-hybridized carbons (Fsp3) is 0.300. The van der Waals surface area contributed by atoms with E-state index in [1.165, 1.54) is 5.56 Å². The van der Waals surface area contributed by atoms with Gasteiger partial charge in [0.2, 0.25) is 0 Å². The molecule has 0 amide bonds. The standard InChI is InChI=1S/C10H14N2S/c1-2-13-10(11)12-8-9-6-4-3-5-7-9/h3-7H,2,8H2,1H3,(H2,11,12). The quantitative estimate of drug-likeness (QED) is 0.592. The summed E-state index contributed by atoms with van der Waals surface area (Å²) in [5.74, 6) is 0.976. The van der Waals surface area contributed by atoms with Gasteiger partial charge in [0.15, 0.2) is 5.17 Å². The number of nitrogens with zero attached hydrogens (tertiary/aromatic N) is 1. The second kappa shape index (κ2) is 5.65.